The van der Waals surface area contributed by atoms with Gasteiger partial charge in [0.2, 0.25) is 0 Å². The maximum atomic E-state index is 4.87. The summed E-state index contributed by atoms with van der Waals surface area (Å²) in [5.74, 6) is 0. The summed E-state index contributed by atoms with van der Waals surface area (Å²) in [4.78, 5) is 2.54. The molecule has 2 heterocycles. The maximum absolute atomic E-state index is 4.87. The van der Waals surface area contributed by atoms with E-state index in [0.29, 0.717) is 5.41 Å². The van der Waals surface area contributed by atoms with Crippen LogP contribution in [0.5, 0.6) is 0 Å². The van der Waals surface area contributed by atoms with E-state index in [1.165, 1.54) is 31.6 Å². The molecule has 4 heteroatoms. The van der Waals surface area contributed by atoms with Crippen LogP contribution in [-0.4, -0.2) is 61.4 Å². The van der Waals surface area contributed by atoms with Crippen LogP contribution in [0.15, 0.2) is 5.10 Å². The molecular formula is C15H30N4. The van der Waals surface area contributed by atoms with E-state index in [1.807, 2.05) is 0 Å². The van der Waals surface area contributed by atoms with Crippen LogP contribution in [0.1, 0.15) is 40.0 Å². The van der Waals surface area contributed by atoms with E-state index in [9.17, 15) is 0 Å². The summed E-state index contributed by atoms with van der Waals surface area (Å²) < 4.78 is 0. The fourth-order valence-corrected chi connectivity index (χ4v) is 3.10. The molecule has 0 radical (unpaired) electrons. The standard InChI is InChI=1S/C15H30N4/c1-4-6-15(2,3)14-5-9-19(17-14)13-12-18-10-7-16-8-11-18/h16H,4-13H2,1-3H3. The minimum atomic E-state index is 0.290. The van der Waals surface area contributed by atoms with Crippen molar-refractivity contribution < 1.29 is 0 Å². The number of rotatable bonds is 6. The van der Waals surface area contributed by atoms with Crippen LogP contribution < -0.4 is 5.32 Å². The number of hydrogen-bond donors (Lipinski definition) is 1. The molecule has 0 saturated carbocycles. The molecular weight excluding hydrogens is 236 g/mol. The molecule has 0 aliphatic carbocycles. The molecule has 0 aromatic carbocycles. The zero-order chi connectivity index (χ0) is 13.7. The van der Waals surface area contributed by atoms with Gasteiger partial charge in [0.05, 0.1) is 0 Å². The molecule has 2 aliphatic heterocycles. The van der Waals surface area contributed by atoms with E-state index in [0.717, 1.165) is 39.1 Å². The Morgan fingerprint density at radius 3 is 2.58 bits per heavy atom. The molecule has 1 fully saturated rings. The first kappa shape index (κ1) is 14.8. The highest BCUT2D eigenvalue weighted by atomic mass is 15.5. The third-order valence-corrected chi connectivity index (χ3v) is 4.41. The van der Waals surface area contributed by atoms with Crippen molar-refractivity contribution in [2.24, 2.45) is 10.5 Å². The van der Waals surface area contributed by atoms with Gasteiger partial charge in [0.25, 0.3) is 0 Å². The second-order valence-corrected chi connectivity index (χ2v) is 6.48. The smallest absolute Gasteiger partial charge is 0.0487 e. The number of piperazine rings is 1. The summed E-state index contributed by atoms with van der Waals surface area (Å²) in [6.07, 6.45) is 3.65. The minimum absolute atomic E-state index is 0.290. The first-order valence-corrected chi connectivity index (χ1v) is 7.88. The van der Waals surface area contributed by atoms with Crippen molar-refractivity contribution in [2.45, 2.75) is 40.0 Å². The molecule has 2 rings (SSSR count). The summed E-state index contributed by atoms with van der Waals surface area (Å²) in [6.45, 7) is 15.0. The van der Waals surface area contributed by atoms with Gasteiger partial charge in [-0.3, -0.25) is 9.91 Å². The van der Waals surface area contributed by atoms with Crippen molar-refractivity contribution in [3.8, 4) is 0 Å². The lowest BCUT2D eigenvalue weighted by Crippen LogP contribution is -2.45. The number of hydrazone groups is 1. The molecule has 0 aromatic rings. The third-order valence-electron chi connectivity index (χ3n) is 4.41. The molecule has 1 N–H and O–H groups in total. The molecule has 19 heavy (non-hydrogen) atoms. The van der Waals surface area contributed by atoms with Crippen LogP contribution in [0, 0.1) is 5.41 Å². The van der Waals surface area contributed by atoms with Gasteiger partial charge in [-0.1, -0.05) is 27.2 Å². The largest absolute Gasteiger partial charge is 0.314 e. The fourth-order valence-electron chi connectivity index (χ4n) is 3.10. The maximum Gasteiger partial charge on any atom is 0.0487 e. The van der Waals surface area contributed by atoms with Gasteiger partial charge in [-0.2, -0.15) is 5.10 Å². The van der Waals surface area contributed by atoms with Gasteiger partial charge in [0, 0.05) is 63.4 Å². The van der Waals surface area contributed by atoms with Crippen LogP contribution in [-0.2, 0) is 0 Å². The Labute approximate surface area is 118 Å². The number of nitrogens with zero attached hydrogens (tertiary/aromatic N) is 3. The molecule has 0 atom stereocenters. The minimum Gasteiger partial charge on any atom is -0.314 e. The van der Waals surface area contributed by atoms with E-state index >= 15 is 0 Å². The quantitative estimate of drug-likeness (QED) is 0.795. The van der Waals surface area contributed by atoms with E-state index in [4.69, 9.17) is 5.10 Å². The Balaban J connectivity index is 1.78. The Kier molecular flexibility index (Phi) is 5.22. The lowest BCUT2D eigenvalue weighted by Gasteiger charge is -2.28. The van der Waals surface area contributed by atoms with Gasteiger partial charge in [-0.25, -0.2) is 0 Å². The number of nitrogens with one attached hydrogen (secondary N) is 1. The lowest BCUT2D eigenvalue weighted by atomic mass is 9.82. The monoisotopic (exact) mass is 266 g/mol. The number of hydrogen-bond acceptors (Lipinski definition) is 4. The van der Waals surface area contributed by atoms with Crippen molar-refractivity contribution in [2.75, 3.05) is 45.8 Å². The molecule has 1 saturated heterocycles. The van der Waals surface area contributed by atoms with E-state index < -0.39 is 0 Å². The fraction of sp³-hybridized carbons (Fsp3) is 0.933. The summed E-state index contributed by atoms with van der Waals surface area (Å²) in [5.41, 5.74) is 1.70. The lowest BCUT2D eigenvalue weighted by molar-refractivity contribution is 0.199. The second-order valence-electron chi connectivity index (χ2n) is 6.48. The second kappa shape index (κ2) is 6.71. The van der Waals surface area contributed by atoms with Crippen LogP contribution in [0.3, 0.4) is 0 Å². The highest BCUT2D eigenvalue weighted by Gasteiger charge is 2.28. The topological polar surface area (TPSA) is 30.9 Å². The van der Waals surface area contributed by atoms with Gasteiger partial charge in [-0.15, -0.1) is 0 Å². The normalized spacial score (nSPS) is 21.8. The molecule has 0 aromatic heterocycles. The molecule has 0 spiro atoms. The average Bonchev–Trinajstić information content (AvgIpc) is 2.87. The molecule has 110 valence electrons. The summed E-state index contributed by atoms with van der Waals surface area (Å²) in [7, 11) is 0. The predicted octanol–water partition coefficient (Wildman–Crippen LogP) is 1.78. The van der Waals surface area contributed by atoms with Gasteiger partial charge in [-0.05, 0) is 6.42 Å². The zero-order valence-corrected chi connectivity index (χ0v) is 12.9. The first-order valence-electron chi connectivity index (χ1n) is 7.88. The Hall–Kier alpha value is -0.610. The van der Waals surface area contributed by atoms with E-state index in [2.05, 4.69) is 36.0 Å². The van der Waals surface area contributed by atoms with Gasteiger partial charge in [0.1, 0.15) is 0 Å². The molecule has 0 bridgehead atoms. The molecule has 0 unspecified atom stereocenters. The third kappa shape index (κ3) is 4.18. The van der Waals surface area contributed by atoms with Gasteiger partial charge in [0.15, 0.2) is 0 Å². The Morgan fingerprint density at radius 2 is 1.89 bits per heavy atom. The van der Waals surface area contributed by atoms with Crippen molar-refractivity contribution in [1.29, 1.82) is 0 Å². The van der Waals surface area contributed by atoms with Crippen molar-refractivity contribution in [1.82, 2.24) is 15.2 Å². The van der Waals surface area contributed by atoms with Crippen molar-refractivity contribution in [3.63, 3.8) is 0 Å². The first-order chi connectivity index (χ1) is 9.12. The predicted molar refractivity (Wildman–Crippen MR) is 81.6 cm³/mol. The zero-order valence-electron chi connectivity index (χ0n) is 12.9. The summed E-state index contributed by atoms with van der Waals surface area (Å²) >= 11 is 0. The van der Waals surface area contributed by atoms with Crippen LogP contribution in [0.2, 0.25) is 0 Å². The molecule has 2 aliphatic rings. The molecule has 0 amide bonds. The Morgan fingerprint density at radius 1 is 1.16 bits per heavy atom. The van der Waals surface area contributed by atoms with E-state index in [-0.39, 0.29) is 0 Å². The van der Waals surface area contributed by atoms with E-state index in [1.54, 1.807) is 0 Å². The van der Waals surface area contributed by atoms with Crippen LogP contribution in [0.4, 0.5) is 0 Å². The Bertz CT molecular complexity index is 305. The highest BCUT2D eigenvalue weighted by molar-refractivity contribution is 5.90. The van der Waals surface area contributed by atoms with Gasteiger partial charge < -0.3 is 5.32 Å². The van der Waals surface area contributed by atoms with Crippen LogP contribution in [0.25, 0.3) is 0 Å². The summed E-state index contributed by atoms with van der Waals surface area (Å²) in [6, 6.07) is 0. The average molecular weight is 266 g/mol. The van der Waals surface area contributed by atoms with Gasteiger partial charge >= 0.3 is 0 Å². The molecule has 4 nitrogen and oxygen atoms in total. The van der Waals surface area contributed by atoms with Crippen molar-refractivity contribution >= 4 is 5.71 Å². The van der Waals surface area contributed by atoms with Crippen molar-refractivity contribution in [3.05, 3.63) is 0 Å². The van der Waals surface area contributed by atoms with Crippen LogP contribution >= 0.6 is 0 Å². The highest BCUT2D eigenvalue weighted by Crippen LogP contribution is 2.29. The SMILES string of the molecule is CCCC(C)(C)C1=NN(CCN2CCNCC2)CC1. The summed E-state index contributed by atoms with van der Waals surface area (Å²) in [5, 5.41) is 10.6.